The molecule has 0 saturated carbocycles. The lowest BCUT2D eigenvalue weighted by Gasteiger charge is -2.08. The number of ether oxygens (including phenoxy) is 1. The number of aromatic carboxylic acids is 1. The molecule has 5 heteroatoms. The highest BCUT2D eigenvalue weighted by Crippen LogP contribution is 2.21. The van der Waals surface area contributed by atoms with Gasteiger partial charge < -0.3 is 9.84 Å². The van der Waals surface area contributed by atoms with E-state index in [9.17, 15) is 4.79 Å². The highest BCUT2D eigenvalue weighted by Gasteiger charge is 2.12. The molecule has 0 aliphatic carbocycles. The Morgan fingerprint density at radius 3 is 2.56 bits per heavy atom. The van der Waals surface area contributed by atoms with Gasteiger partial charge in [0.25, 0.3) is 0 Å². The minimum atomic E-state index is -1.03. The lowest BCUT2D eigenvalue weighted by atomic mass is 10.2. The van der Waals surface area contributed by atoms with Crippen LogP contribution < -0.4 is 4.74 Å². The van der Waals surface area contributed by atoms with E-state index in [1.54, 1.807) is 17.9 Å². The van der Waals surface area contributed by atoms with Crippen LogP contribution in [0.5, 0.6) is 5.75 Å². The van der Waals surface area contributed by atoms with Gasteiger partial charge in [0.05, 0.1) is 12.8 Å². The van der Waals surface area contributed by atoms with Crippen molar-refractivity contribution >= 4 is 5.97 Å². The van der Waals surface area contributed by atoms with Crippen LogP contribution in [0.1, 0.15) is 21.7 Å². The minimum Gasteiger partial charge on any atom is -0.496 e. The van der Waals surface area contributed by atoms with Crippen LogP contribution in [0.2, 0.25) is 0 Å². The summed E-state index contributed by atoms with van der Waals surface area (Å²) < 4.78 is 6.79. The summed E-state index contributed by atoms with van der Waals surface area (Å²) in [4.78, 5) is 10.9. The van der Waals surface area contributed by atoms with E-state index in [-0.39, 0.29) is 5.69 Å². The van der Waals surface area contributed by atoms with Crippen molar-refractivity contribution in [2.24, 2.45) is 0 Å². The molecule has 0 amide bonds. The number of carboxylic acid groups (broad SMARTS) is 1. The maximum absolute atomic E-state index is 10.9. The van der Waals surface area contributed by atoms with Crippen LogP contribution in [0.4, 0.5) is 0 Å². The summed E-state index contributed by atoms with van der Waals surface area (Å²) in [5.41, 5.74) is 2.61. The highest BCUT2D eigenvalue weighted by atomic mass is 16.5. The van der Waals surface area contributed by atoms with Crippen LogP contribution in [0.3, 0.4) is 0 Å². The number of carbonyl (C=O) groups is 1. The molecule has 0 aliphatic rings. The van der Waals surface area contributed by atoms with Crippen LogP contribution in [0.15, 0.2) is 24.3 Å². The third-order valence-electron chi connectivity index (χ3n) is 2.73. The van der Waals surface area contributed by atoms with Gasteiger partial charge in [0.2, 0.25) is 0 Å². The first-order valence-electron chi connectivity index (χ1n) is 5.48. The van der Waals surface area contributed by atoms with Gasteiger partial charge in [-0.15, -0.1) is 0 Å². The average molecular weight is 246 g/mol. The molecule has 0 saturated heterocycles. The molecular weight excluding hydrogens is 232 g/mol. The zero-order valence-electron chi connectivity index (χ0n) is 10.5. The quantitative estimate of drug-likeness (QED) is 0.901. The van der Waals surface area contributed by atoms with Gasteiger partial charge in [-0.2, -0.15) is 5.10 Å². The summed E-state index contributed by atoms with van der Waals surface area (Å²) in [5.74, 6) is -0.232. The monoisotopic (exact) mass is 246 g/mol. The third kappa shape index (κ3) is 2.07. The van der Waals surface area contributed by atoms with Gasteiger partial charge >= 0.3 is 5.97 Å². The summed E-state index contributed by atoms with van der Waals surface area (Å²) in [6.07, 6.45) is 0. The van der Waals surface area contributed by atoms with E-state index in [0.717, 1.165) is 22.7 Å². The first-order valence-corrected chi connectivity index (χ1v) is 5.48. The summed E-state index contributed by atoms with van der Waals surface area (Å²) in [6, 6.07) is 7.13. The smallest absolute Gasteiger partial charge is 0.356 e. The van der Waals surface area contributed by atoms with Gasteiger partial charge in [0.15, 0.2) is 5.69 Å². The second-order valence-electron chi connectivity index (χ2n) is 4.04. The molecule has 2 rings (SSSR count). The molecule has 1 aromatic heterocycles. The fraction of sp³-hybridized carbons (Fsp3) is 0.231. The molecule has 0 aliphatic heterocycles. The van der Waals surface area contributed by atoms with Gasteiger partial charge in [0.1, 0.15) is 5.75 Å². The molecule has 1 aromatic carbocycles. The standard InChI is InChI=1S/C13H14N2O3/c1-8-6-10(4-5-12(8)18-3)15-9(2)7-11(14-15)13(16)17/h4-7H,1-3H3,(H,16,17). The number of methoxy groups -OCH3 is 1. The molecule has 0 atom stereocenters. The number of hydrogen-bond donors (Lipinski definition) is 1. The van der Waals surface area contributed by atoms with E-state index >= 15 is 0 Å². The Hall–Kier alpha value is -2.30. The number of aromatic nitrogens is 2. The second kappa shape index (κ2) is 4.52. The maximum atomic E-state index is 10.9. The van der Waals surface area contributed by atoms with Gasteiger partial charge in [-0.25, -0.2) is 9.48 Å². The molecule has 1 N–H and O–H groups in total. The Kier molecular flexibility index (Phi) is 3.06. The summed E-state index contributed by atoms with van der Waals surface area (Å²) in [6.45, 7) is 3.75. The van der Waals surface area contributed by atoms with Crippen LogP contribution in [-0.2, 0) is 0 Å². The van der Waals surface area contributed by atoms with Crippen LogP contribution in [0.25, 0.3) is 5.69 Å². The Labute approximate surface area is 105 Å². The highest BCUT2D eigenvalue weighted by molar-refractivity contribution is 5.85. The average Bonchev–Trinajstić information content (AvgIpc) is 2.71. The SMILES string of the molecule is COc1ccc(-n2nc(C(=O)O)cc2C)cc1C. The fourth-order valence-corrected chi connectivity index (χ4v) is 1.83. The lowest BCUT2D eigenvalue weighted by Crippen LogP contribution is -2.02. The second-order valence-corrected chi connectivity index (χ2v) is 4.04. The molecule has 2 aromatic rings. The number of carboxylic acids is 1. The predicted octanol–water partition coefficient (Wildman–Crippen LogP) is 2.20. The number of rotatable bonds is 3. The normalized spacial score (nSPS) is 10.4. The predicted molar refractivity (Wildman–Crippen MR) is 66.5 cm³/mol. The number of benzene rings is 1. The molecule has 0 radical (unpaired) electrons. The Balaban J connectivity index is 2.48. The molecule has 0 bridgehead atoms. The molecule has 1 heterocycles. The first-order chi connectivity index (χ1) is 8.52. The molecule has 0 unspecified atom stereocenters. The molecule has 0 fully saturated rings. The number of nitrogens with zero attached hydrogens (tertiary/aromatic N) is 2. The van der Waals surface area contributed by atoms with E-state index in [2.05, 4.69) is 5.10 Å². The van der Waals surface area contributed by atoms with E-state index in [0.29, 0.717) is 0 Å². The zero-order chi connectivity index (χ0) is 13.3. The number of aryl methyl sites for hydroxylation is 2. The van der Waals surface area contributed by atoms with Gasteiger partial charge in [-0.1, -0.05) is 0 Å². The molecular formula is C13H14N2O3. The Morgan fingerprint density at radius 1 is 1.33 bits per heavy atom. The van der Waals surface area contributed by atoms with Gasteiger partial charge in [0, 0.05) is 5.69 Å². The Morgan fingerprint density at radius 2 is 2.06 bits per heavy atom. The topological polar surface area (TPSA) is 64.4 Å². The van der Waals surface area contributed by atoms with Crippen molar-refractivity contribution in [1.82, 2.24) is 9.78 Å². The Bertz CT molecular complexity index is 602. The van der Waals surface area contributed by atoms with Crippen LogP contribution in [-0.4, -0.2) is 28.0 Å². The van der Waals surface area contributed by atoms with Gasteiger partial charge in [-0.3, -0.25) is 0 Å². The minimum absolute atomic E-state index is 0.0426. The van der Waals surface area contributed by atoms with Crippen LogP contribution in [0, 0.1) is 13.8 Å². The van der Waals surface area contributed by atoms with E-state index in [1.165, 1.54) is 0 Å². The molecule has 0 spiro atoms. The van der Waals surface area contributed by atoms with Crippen molar-refractivity contribution in [3.63, 3.8) is 0 Å². The summed E-state index contributed by atoms with van der Waals surface area (Å²) in [7, 11) is 1.61. The zero-order valence-corrected chi connectivity index (χ0v) is 10.5. The summed E-state index contributed by atoms with van der Waals surface area (Å²) >= 11 is 0. The molecule has 94 valence electrons. The van der Waals surface area contributed by atoms with E-state index in [1.807, 2.05) is 32.0 Å². The molecule has 18 heavy (non-hydrogen) atoms. The van der Waals surface area contributed by atoms with Crippen LogP contribution >= 0.6 is 0 Å². The van der Waals surface area contributed by atoms with Crippen molar-refractivity contribution in [2.45, 2.75) is 13.8 Å². The van der Waals surface area contributed by atoms with E-state index < -0.39 is 5.97 Å². The van der Waals surface area contributed by atoms with Crippen molar-refractivity contribution in [3.05, 3.63) is 41.2 Å². The van der Waals surface area contributed by atoms with Crippen molar-refractivity contribution in [1.29, 1.82) is 0 Å². The maximum Gasteiger partial charge on any atom is 0.356 e. The molecule has 5 nitrogen and oxygen atoms in total. The first kappa shape index (κ1) is 12.2. The lowest BCUT2D eigenvalue weighted by molar-refractivity contribution is 0.0690. The number of hydrogen-bond acceptors (Lipinski definition) is 3. The van der Waals surface area contributed by atoms with Crippen molar-refractivity contribution in [3.8, 4) is 11.4 Å². The van der Waals surface area contributed by atoms with Crippen molar-refractivity contribution in [2.75, 3.05) is 7.11 Å². The van der Waals surface area contributed by atoms with Crippen molar-refractivity contribution < 1.29 is 14.6 Å². The summed E-state index contributed by atoms with van der Waals surface area (Å²) in [5, 5.41) is 13.0. The third-order valence-corrected chi connectivity index (χ3v) is 2.73. The fourth-order valence-electron chi connectivity index (χ4n) is 1.83. The van der Waals surface area contributed by atoms with E-state index in [4.69, 9.17) is 9.84 Å². The van der Waals surface area contributed by atoms with Gasteiger partial charge in [-0.05, 0) is 43.7 Å². The largest absolute Gasteiger partial charge is 0.496 e.